The van der Waals surface area contributed by atoms with Crippen LogP contribution >= 0.6 is 0 Å². The summed E-state index contributed by atoms with van der Waals surface area (Å²) in [5.41, 5.74) is 0. The Morgan fingerprint density at radius 2 is 1.40 bits per heavy atom. The van der Waals surface area contributed by atoms with E-state index in [1.54, 1.807) is 0 Å². The maximum absolute atomic E-state index is 11.9. The minimum atomic E-state index is -1.08. The average Bonchev–Trinajstić information content (AvgIpc) is 2.64. The van der Waals surface area contributed by atoms with Gasteiger partial charge >= 0.3 is 180 Å². The maximum atomic E-state index is 11.9. The molecule has 1 fully saturated rings. The predicted molar refractivity (Wildman–Crippen MR) is 104 cm³/mol. The molecule has 0 aromatic heterocycles. The summed E-state index contributed by atoms with van der Waals surface area (Å²) in [5, 5.41) is 0. The molecule has 1 aliphatic heterocycles. The summed E-state index contributed by atoms with van der Waals surface area (Å²) >= 11 is -0.383. The number of rotatable bonds is 7. The first-order valence-corrected chi connectivity index (χ1v) is 11.0. The second kappa shape index (κ2) is 11.1. The molecule has 0 unspecified atom stereocenters. The molecule has 164 valence electrons. The molecule has 2 rings (SSSR count). The van der Waals surface area contributed by atoms with Gasteiger partial charge in [0.25, 0.3) is 0 Å². The number of benzene rings is 1. The molecule has 1 heterocycles. The summed E-state index contributed by atoms with van der Waals surface area (Å²) in [6, 6.07) is 9.36. The first kappa shape index (κ1) is 23.9. The van der Waals surface area contributed by atoms with Gasteiger partial charge in [-0.2, -0.15) is 0 Å². The summed E-state index contributed by atoms with van der Waals surface area (Å²) in [5.74, 6) is -2.37. The number of esters is 4. The fourth-order valence-electron chi connectivity index (χ4n) is 2.91. The van der Waals surface area contributed by atoms with Gasteiger partial charge < -0.3 is 0 Å². The normalized spacial score (nSPS) is 25.7. The van der Waals surface area contributed by atoms with Gasteiger partial charge in [-0.25, -0.2) is 0 Å². The number of carbonyl (C=O) groups is 4. The van der Waals surface area contributed by atoms with E-state index in [9.17, 15) is 19.2 Å². The molecular weight excluding hydrogens is 463 g/mol. The molecule has 5 atom stereocenters. The van der Waals surface area contributed by atoms with Gasteiger partial charge in [-0.3, -0.25) is 0 Å². The molecule has 0 spiro atoms. The van der Waals surface area contributed by atoms with E-state index in [1.165, 1.54) is 27.7 Å². The molecule has 0 radical (unpaired) electrons. The van der Waals surface area contributed by atoms with Crippen LogP contribution in [0.5, 0.6) is 0 Å². The Bertz CT molecular complexity index is 767. The van der Waals surface area contributed by atoms with Gasteiger partial charge in [-0.1, -0.05) is 0 Å². The Morgan fingerprint density at radius 3 is 1.93 bits per heavy atom. The van der Waals surface area contributed by atoms with Gasteiger partial charge in [0.15, 0.2) is 0 Å². The van der Waals surface area contributed by atoms with Crippen molar-refractivity contribution in [2.75, 3.05) is 6.61 Å². The van der Waals surface area contributed by atoms with Crippen LogP contribution < -0.4 is 4.46 Å². The fourth-order valence-corrected chi connectivity index (χ4v) is 5.44. The fraction of sp³-hybridized carbons (Fsp3) is 0.500. The summed E-state index contributed by atoms with van der Waals surface area (Å²) < 4.78 is 28.1. The van der Waals surface area contributed by atoms with E-state index in [4.69, 9.17) is 23.7 Å². The zero-order chi connectivity index (χ0) is 22.3. The summed E-state index contributed by atoms with van der Waals surface area (Å²) in [6.07, 6.45) is -4.09. The van der Waals surface area contributed by atoms with Crippen LogP contribution in [0.1, 0.15) is 27.7 Å². The van der Waals surface area contributed by atoms with Crippen molar-refractivity contribution in [1.29, 1.82) is 0 Å². The quantitative estimate of drug-likeness (QED) is 0.309. The third kappa shape index (κ3) is 7.12. The van der Waals surface area contributed by atoms with Crippen molar-refractivity contribution in [2.45, 2.75) is 57.1 Å². The zero-order valence-electron chi connectivity index (χ0n) is 17.1. The third-order valence-corrected chi connectivity index (χ3v) is 6.69. The van der Waals surface area contributed by atoms with Crippen LogP contribution in [0.2, 0.25) is 4.82 Å². The third-order valence-electron chi connectivity index (χ3n) is 3.94. The molecule has 30 heavy (non-hydrogen) atoms. The van der Waals surface area contributed by atoms with E-state index < -0.39 is 53.3 Å². The molecular formula is C20H24O9Se. The standard InChI is InChI=1S/C20H24O9Se/c1-11(21)25-10-16-17(26-12(2)22)18(27-13(3)23)19(20(29-16)28-14(4)24)30-15-8-6-5-7-9-15/h5-9,16-20H,10H2,1-4H3/t16-,17-,18+,19+,20+/m1/s1. The van der Waals surface area contributed by atoms with Crippen molar-refractivity contribution in [2.24, 2.45) is 0 Å². The van der Waals surface area contributed by atoms with Gasteiger partial charge in [0.05, 0.1) is 0 Å². The molecule has 1 aromatic carbocycles. The molecule has 0 amide bonds. The Balaban J connectivity index is 2.43. The predicted octanol–water partition coefficient (Wildman–Crippen LogP) is 0.519. The van der Waals surface area contributed by atoms with Crippen molar-refractivity contribution < 1.29 is 42.9 Å². The molecule has 0 aliphatic carbocycles. The number of hydrogen-bond donors (Lipinski definition) is 0. The Kier molecular flexibility index (Phi) is 8.83. The summed E-state index contributed by atoms with van der Waals surface area (Å²) in [7, 11) is 0. The monoisotopic (exact) mass is 488 g/mol. The molecule has 1 saturated heterocycles. The molecule has 9 nitrogen and oxygen atoms in total. The number of carbonyl (C=O) groups excluding carboxylic acids is 4. The minimum absolute atomic E-state index is 0.270. The first-order chi connectivity index (χ1) is 14.2. The Morgan fingerprint density at radius 1 is 0.833 bits per heavy atom. The van der Waals surface area contributed by atoms with Crippen LogP contribution in [0.25, 0.3) is 0 Å². The van der Waals surface area contributed by atoms with E-state index in [0.29, 0.717) is 0 Å². The van der Waals surface area contributed by atoms with E-state index >= 15 is 0 Å². The molecule has 0 bridgehead atoms. The summed E-state index contributed by atoms with van der Waals surface area (Å²) in [6.45, 7) is 4.62. The van der Waals surface area contributed by atoms with Crippen molar-refractivity contribution in [3.63, 3.8) is 0 Å². The van der Waals surface area contributed by atoms with Crippen molar-refractivity contribution in [3.8, 4) is 0 Å². The molecule has 1 aliphatic rings. The van der Waals surface area contributed by atoms with E-state index in [0.717, 1.165) is 4.46 Å². The Hall–Kier alpha value is -2.42. The van der Waals surface area contributed by atoms with Gasteiger partial charge in [0, 0.05) is 0 Å². The van der Waals surface area contributed by atoms with Crippen LogP contribution in [0.4, 0.5) is 0 Å². The SMILES string of the molecule is CC(=O)OC[C@H]1O[C@H](OC(C)=O)[C@@H]([Se]c2ccccc2)[C@@H](OC(C)=O)[C@@H]1OC(C)=O. The zero-order valence-corrected chi connectivity index (χ0v) is 18.8. The topological polar surface area (TPSA) is 114 Å². The second-order valence-corrected chi connectivity index (χ2v) is 9.12. The average molecular weight is 487 g/mol. The van der Waals surface area contributed by atoms with Crippen LogP contribution in [0, 0.1) is 0 Å². The van der Waals surface area contributed by atoms with Gasteiger partial charge in [0.1, 0.15) is 0 Å². The second-order valence-electron chi connectivity index (χ2n) is 6.50. The first-order valence-electron chi connectivity index (χ1n) is 9.19. The van der Waals surface area contributed by atoms with Gasteiger partial charge in [0.2, 0.25) is 0 Å². The van der Waals surface area contributed by atoms with E-state index in [-0.39, 0.29) is 21.6 Å². The summed E-state index contributed by atoms with van der Waals surface area (Å²) in [4.78, 5) is 46.0. The van der Waals surface area contributed by atoms with Crippen LogP contribution in [0.15, 0.2) is 30.3 Å². The van der Waals surface area contributed by atoms with E-state index in [2.05, 4.69) is 0 Å². The number of ether oxygens (including phenoxy) is 5. The Labute approximate surface area is 180 Å². The van der Waals surface area contributed by atoms with E-state index in [1.807, 2.05) is 30.3 Å². The molecule has 10 heteroatoms. The van der Waals surface area contributed by atoms with Crippen LogP contribution in [-0.4, -0.2) is 70.0 Å². The van der Waals surface area contributed by atoms with Gasteiger partial charge in [-0.05, 0) is 0 Å². The molecule has 1 aromatic rings. The van der Waals surface area contributed by atoms with Gasteiger partial charge in [-0.15, -0.1) is 0 Å². The number of hydrogen-bond acceptors (Lipinski definition) is 9. The van der Waals surface area contributed by atoms with Crippen molar-refractivity contribution in [1.82, 2.24) is 0 Å². The van der Waals surface area contributed by atoms with Crippen LogP contribution in [-0.2, 0) is 42.9 Å². The van der Waals surface area contributed by atoms with Crippen molar-refractivity contribution >= 4 is 43.3 Å². The van der Waals surface area contributed by atoms with Crippen LogP contribution in [0.3, 0.4) is 0 Å². The molecule has 0 saturated carbocycles. The van der Waals surface area contributed by atoms with Crippen molar-refractivity contribution in [3.05, 3.63) is 30.3 Å². The molecule has 0 N–H and O–H groups in total.